The molecule has 0 bridgehead atoms. The summed E-state index contributed by atoms with van der Waals surface area (Å²) in [5.74, 6) is -0.571. The van der Waals surface area contributed by atoms with Gasteiger partial charge in [0.1, 0.15) is 0 Å². The summed E-state index contributed by atoms with van der Waals surface area (Å²) in [5.41, 5.74) is 0.686. The van der Waals surface area contributed by atoms with E-state index in [0.29, 0.717) is 18.3 Å². The van der Waals surface area contributed by atoms with Crippen molar-refractivity contribution in [2.75, 3.05) is 24.8 Å². The van der Waals surface area contributed by atoms with Crippen LogP contribution >= 0.6 is 11.8 Å². The second-order valence-electron chi connectivity index (χ2n) is 5.59. The molecule has 1 heterocycles. The van der Waals surface area contributed by atoms with Gasteiger partial charge in [-0.3, -0.25) is 4.79 Å². The summed E-state index contributed by atoms with van der Waals surface area (Å²) >= 11 is 1.18. The molecule has 0 saturated carbocycles. The third-order valence-corrected chi connectivity index (χ3v) is 4.76. The number of ether oxygens (including phenoxy) is 1. The van der Waals surface area contributed by atoms with Crippen LogP contribution in [0.2, 0.25) is 0 Å². The highest BCUT2D eigenvalue weighted by molar-refractivity contribution is 7.99. The van der Waals surface area contributed by atoms with Crippen LogP contribution in [0.1, 0.15) is 17.0 Å². The Morgan fingerprint density at radius 1 is 1.31 bits per heavy atom. The number of para-hydroxylation sites is 1. The monoisotopic (exact) mass is 387 g/mol. The van der Waals surface area contributed by atoms with Crippen molar-refractivity contribution in [2.45, 2.75) is 31.7 Å². The third kappa shape index (κ3) is 5.01. The minimum Gasteiger partial charge on any atom is -0.383 e. The van der Waals surface area contributed by atoms with Crippen molar-refractivity contribution in [1.82, 2.24) is 9.55 Å². The Bertz CT molecular complexity index is 775. The number of carbonyl (C=O) groups excluding carboxylic acids is 1. The minimum atomic E-state index is -4.53. The summed E-state index contributed by atoms with van der Waals surface area (Å²) in [6.45, 7) is 4.86. The van der Waals surface area contributed by atoms with E-state index in [9.17, 15) is 18.0 Å². The quantitative estimate of drug-likeness (QED) is 0.733. The minimum absolute atomic E-state index is 0.0466. The molecule has 1 aromatic heterocycles. The van der Waals surface area contributed by atoms with Crippen LogP contribution in [-0.4, -0.2) is 34.9 Å². The maximum absolute atomic E-state index is 13.0. The maximum Gasteiger partial charge on any atom is 0.418 e. The van der Waals surface area contributed by atoms with Crippen LogP contribution in [0.3, 0.4) is 0 Å². The lowest BCUT2D eigenvalue weighted by molar-refractivity contribution is -0.137. The maximum atomic E-state index is 13.0. The van der Waals surface area contributed by atoms with Gasteiger partial charge in [-0.25, -0.2) is 4.98 Å². The molecule has 1 amide bonds. The molecule has 0 atom stereocenters. The molecule has 26 heavy (non-hydrogen) atoms. The predicted octanol–water partition coefficient (Wildman–Crippen LogP) is 3.90. The van der Waals surface area contributed by atoms with Crippen LogP contribution in [0.5, 0.6) is 0 Å². The Hall–Kier alpha value is -2.00. The highest BCUT2D eigenvalue weighted by atomic mass is 32.2. The molecular formula is C17H20F3N3O2S. The summed E-state index contributed by atoms with van der Waals surface area (Å²) in [6, 6.07) is 4.90. The molecule has 1 aromatic carbocycles. The molecule has 5 nitrogen and oxygen atoms in total. The summed E-state index contributed by atoms with van der Waals surface area (Å²) in [4.78, 5) is 16.5. The van der Waals surface area contributed by atoms with Crippen molar-refractivity contribution in [3.8, 4) is 0 Å². The normalized spacial score (nSPS) is 11.6. The smallest absolute Gasteiger partial charge is 0.383 e. The van der Waals surface area contributed by atoms with E-state index < -0.39 is 17.6 Å². The van der Waals surface area contributed by atoms with Crippen LogP contribution in [0.15, 0.2) is 29.4 Å². The fourth-order valence-corrected chi connectivity index (χ4v) is 3.25. The third-order valence-electron chi connectivity index (χ3n) is 3.78. The molecule has 2 aromatic rings. The van der Waals surface area contributed by atoms with Crippen LogP contribution < -0.4 is 5.32 Å². The van der Waals surface area contributed by atoms with Crippen molar-refractivity contribution in [3.05, 3.63) is 41.2 Å². The van der Waals surface area contributed by atoms with Crippen molar-refractivity contribution in [2.24, 2.45) is 0 Å². The van der Waals surface area contributed by atoms with Gasteiger partial charge in [0.2, 0.25) is 5.91 Å². The first-order valence-corrected chi connectivity index (χ1v) is 8.84. The molecule has 0 aliphatic rings. The Balaban J connectivity index is 2.06. The lowest BCUT2D eigenvalue weighted by Gasteiger charge is -2.13. The number of methoxy groups -OCH3 is 1. The molecule has 0 fully saturated rings. The second kappa shape index (κ2) is 8.59. The van der Waals surface area contributed by atoms with Gasteiger partial charge in [-0.15, -0.1) is 0 Å². The Labute approximate surface area is 153 Å². The van der Waals surface area contributed by atoms with Crippen molar-refractivity contribution in [3.63, 3.8) is 0 Å². The highest BCUT2D eigenvalue weighted by Crippen LogP contribution is 2.34. The fourth-order valence-electron chi connectivity index (χ4n) is 2.34. The zero-order chi connectivity index (χ0) is 19.3. The van der Waals surface area contributed by atoms with Gasteiger partial charge in [-0.1, -0.05) is 23.9 Å². The molecule has 9 heteroatoms. The average Bonchev–Trinajstić information content (AvgIpc) is 2.85. The molecule has 0 spiro atoms. The van der Waals surface area contributed by atoms with Gasteiger partial charge < -0.3 is 14.6 Å². The number of benzene rings is 1. The molecule has 0 aliphatic heterocycles. The van der Waals surface area contributed by atoms with E-state index in [4.69, 9.17) is 4.74 Å². The highest BCUT2D eigenvalue weighted by Gasteiger charge is 2.33. The number of rotatable bonds is 7. The standard InChI is InChI=1S/C17H20F3N3O2S/c1-11-12(2)23(8-9-25-3)16(21-11)26-10-15(24)22-14-7-5-4-6-13(14)17(18,19)20/h4-7H,8-10H2,1-3H3,(H,22,24). The Morgan fingerprint density at radius 3 is 2.65 bits per heavy atom. The number of aromatic nitrogens is 2. The molecule has 142 valence electrons. The summed E-state index contributed by atoms with van der Waals surface area (Å²) in [7, 11) is 1.59. The Kier molecular flexibility index (Phi) is 6.71. The summed E-state index contributed by atoms with van der Waals surface area (Å²) in [5, 5.41) is 2.97. The van der Waals surface area contributed by atoms with Gasteiger partial charge >= 0.3 is 6.18 Å². The Morgan fingerprint density at radius 2 is 2.00 bits per heavy atom. The van der Waals surface area contributed by atoms with Crippen LogP contribution in [0.25, 0.3) is 0 Å². The number of anilines is 1. The average molecular weight is 387 g/mol. The molecule has 2 rings (SSSR count). The van der Waals surface area contributed by atoms with Crippen molar-refractivity contribution in [1.29, 1.82) is 0 Å². The number of aryl methyl sites for hydroxylation is 1. The van der Waals surface area contributed by atoms with E-state index in [-0.39, 0.29) is 11.4 Å². The van der Waals surface area contributed by atoms with Crippen molar-refractivity contribution < 1.29 is 22.7 Å². The van der Waals surface area contributed by atoms with Crippen LogP contribution in [-0.2, 0) is 22.3 Å². The number of nitrogens with one attached hydrogen (secondary N) is 1. The molecule has 0 unspecified atom stereocenters. The van der Waals surface area contributed by atoms with E-state index in [1.54, 1.807) is 7.11 Å². The number of thioether (sulfide) groups is 1. The van der Waals surface area contributed by atoms with Crippen LogP contribution in [0.4, 0.5) is 18.9 Å². The molecule has 0 saturated heterocycles. The number of hydrogen-bond donors (Lipinski definition) is 1. The van der Waals surface area contributed by atoms with E-state index in [1.807, 2.05) is 18.4 Å². The van der Waals surface area contributed by atoms with E-state index in [2.05, 4.69) is 10.3 Å². The number of amides is 1. The number of hydrogen-bond acceptors (Lipinski definition) is 4. The van der Waals surface area contributed by atoms with E-state index in [0.717, 1.165) is 17.5 Å². The zero-order valence-corrected chi connectivity index (χ0v) is 15.5. The lowest BCUT2D eigenvalue weighted by atomic mass is 10.1. The van der Waals surface area contributed by atoms with Gasteiger partial charge in [-0.05, 0) is 26.0 Å². The molecule has 0 aliphatic carbocycles. The first kappa shape index (κ1) is 20.3. The fraction of sp³-hybridized carbons (Fsp3) is 0.412. The zero-order valence-electron chi connectivity index (χ0n) is 14.7. The van der Waals surface area contributed by atoms with Gasteiger partial charge in [-0.2, -0.15) is 13.2 Å². The number of halogens is 3. The molecular weight excluding hydrogens is 367 g/mol. The van der Waals surface area contributed by atoms with Gasteiger partial charge in [0, 0.05) is 19.3 Å². The first-order valence-electron chi connectivity index (χ1n) is 7.85. The largest absolute Gasteiger partial charge is 0.418 e. The summed E-state index contributed by atoms with van der Waals surface area (Å²) < 4.78 is 46.0. The molecule has 0 radical (unpaired) electrons. The number of imidazole rings is 1. The van der Waals surface area contributed by atoms with Gasteiger partial charge in [0.05, 0.1) is 29.3 Å². The number of carbonyl (C=O) groups is 1. The topological polar surface area (TPSA) is 56.1 Å². The van der Waals surface area contributed by atoms with Crippen LogP contribution in [0, 0.1) is 13.8 Å². The first-order chi connectivity index (χ1) is 12.2. The summed E-state index contributed by atoms with van der Waals surface area (Å²) in [6.07, 6.45) is -4.53. The molecule has 1 N–H and O–H groups in total. The van der Waals surface area contributed by atoms with Crippen molar-refractivity contribution >= 4 is 23.4 Å². The number of nitrogens with zero attached hydrogens (tertiary/aromatic N) is 2. The predicted molar refractivity (Wildman–Crippen MR) is 94.4 cm³/mol. The van der Waals surface area contributed by atoms with E-state index >= 15 is 0 Å². The van der Waals surface area contributed by atoms with Gasteiger partial charge in [0.15, 0.2) is 5.16 Å². The van der Waals surface area contributed by atoms with Gasteiger partial charge in [0.25, 0.3) is 0 Å². The SMILES string of the molecule is COCCn1c(SCC(=O)Nc2ccccc2C(F)(F)F)nc(C)c1C. The second-order valence-corrected chi connectivity index (χ2v) is 6.53. The number of alkyl halides is 3. The van der Waals surface area contributed by atoms with E-state index in [1.165, 1.54) is 30.0 Å². The lowest BCUT2D eigenvalue weighted by Crippen LogP contribution is -2.18.